The highest BCUT2D eigenvalue weighted by Crippen LogP contribution is 2.18. The number of carbonyl (C=O) groups excluding carboxylic acids is 1. The number of phenolic OH excluding ortho intramolecular Hbond substituents is 1. The molecule has 82 valence electrons. The number of phenols is 1. The van der Waals surface area contributed by atoms with Crippen molar-refractivity contribution in [2.45, 2.75) is 6.92 Å². The molecule has 0 aliphatic heterocycles. The summed E-state index contributed by atoms with van der Waals surface area (Å²) in [5.41, 5.74) is 2.67. The van der Waals surface area contributed by atoms with Crippen LogP contribution < -0.4 is 5.32 Å². The molecule has 0 unspecified atom stereocenters. The maximum atomic E-state index is 11.7. The Labute approximate surface area is 95.8 Å². The summed E-state index contributed by atoms with van der Waals surface area (Å²) in [5.74, 6) is -0.0904. The van der Waals surface area contributed by atoms with Crippen LogP contribution in [0.25, 0.3) is 0 Å². The Kier molecular flexibility index (Phi) is 2.82. The molecule has 0 aliphatic rings. The SMILES string of the molecule is Cc1cc(C(=O)Nc2nncs2)ccc1O. The zero-order valence-corrected chi connectivity index (χ0v) is 9.28. The van der Waals surface area contributed by atoms with Crippen LogP contribution in [0.15, 0.2) is 23.7 Å². The second-order valence-corrected chi connectivity index (χ2v) is 4.03. The maximum absolute atomic E-state index is 11.7. The van der Waals surface area contributed by atoms with Gasteiger partial charge in [-0.05, 0) is 30.7 Å². The summed E-state index contributed by atoms with van der Waals surface area (Å²) in [4.78, 5) is 11.7. The molecule has 1 aromatic carbocycles. The Morgan fingerprint density at radius 1 is 1.50 bits per heavy atom. The van der Waals surface area contributed by atoms with Crippen LogP contribution in [0.4, 0.5) is 5.13 Å². The Morgan fingerprint density at radius 3 is 2.94 bits per heavy atom. The molecule has 1 heterocycles. The van der Waals surface area contributed by atoms with E-state index in [2.05, 4.69) is 15.5 Å². The monoisotopic (exact) mass is 235 g/mol. The van der Waals surface area contributed by atoms with Crippen molar-refractivity contribution in [3.8, 4) is 5.75 Å². The molecule has 6 heteroatoms. The zero-order valence-electron chi connectivity index (χ0n) is 8.47. The van der Waals surface area contributed by atoms with E-state index in [0.29, 0.717) is 16.3 Å². The van der Waals surface area contributed by atoms with E-state index in [9.17, 15) is 9.90 Å². The van der Waals surface area contributed by atoms with Gasteiger partial charge in [0, 0.05) is 5.56 Å². The van der Waals surface area contributed by atoms with Crippen molar-refractivity contribution in [3.63, 3.8) is 0 Å². The number of nitrogens with zero attached hydrogens (tertiary/aromatic N) is 2. The highest BCUT2D eigenvalue weighted by Gasteiger charge is 2.09. The van der Waals surface area contributed by atoms with Gasteiger partial charge in [0.05, 0.1) is 0 Å². The first-order valence-electron chi connectivity index (χ1n) is 4.54. The number of hydrogen-bond acceptors (Lipinski definition) is 5. The molecule has 0 bridgehead atoms. The van der Waals surface area contributed by atoms with Gasteiger partial charge < -0.3 is 5.11 Å². The van der Waals surface area contributed by atoms with Crippen LogP contribution in [-0.2, 0) is 0 Å². The molecular formula is C10H9N3O2S. The normalized spacial score (nSPS) is 10.1. The lowest BCUT2D eigenvalue weighted by atomic mass is 10.1. The number of aromatic nitrogens is 2. The number of rotatable bonds is 2. The number of anilines is 1. The summed E-state index contributed by atoms with van der Waals surface area (Å²) in [6.07, 6.45) is 0. The minimum absolute atomic E-state index is 0.174. The molecule has 1 amide bonds. The molecule has 0 atom stereocenters. The van der Waals surface area contributed by atoms with E-state index in [-0.39, 0.29) is 11.7 Å². The molecule has 16 heavy (non-hydrogen) atoms. The van der Waals surface area contributed by atoms with Gasteiger partial charge in [-0.25, -0.2) is 0 Å². The number of amides is 1. The van der Waals surface area contributed by atoms with Gasteiger partial charge in [0.15, 0.2) is 0 Å². The van der Waals surface area contributed by atoms with Crippen LogP contribution in [0.5, 0.6) is 5.75 Å². The topological polar surface area (TPSA) is 75.1 Å². The summed E-state index contributed by atoms with van der Waals surface area (Å²) in [6.45, 7) is 1.73. The molecule has 0 aliphatic carbocycles. The highest BCUT2D eigenvalue weighted by atomic mass is 32.1. The first-order valence-corrected chi connectivity index (χ1v) is 5.42. The van der Waals surface area contributed by atoms with Crippen molar-refractivity contribution in [1.29, 1.82) is 0 Å². The number of hydrogen-bond donors (Lipinski definition) is 2. The first-order chi connectivity index (χ1) is 7.66. The van der Waals surface area contributed by atoms with Crippen LogP contribution in [-0.4, -0.2) is 21.2 Å². The van der Waals surface area contributed by atoms with Gasteiger partial charge >= 0.3 is 0 Å². The standard InChI is InChI=1S/C10H9N3O2S/c1-6-4-7(2-3-8(6)14)9(15)12-10-13-11-5-16-10/h2-5,14H,1H3,(H,12,13,15). The van der Waals surface area contributed by atoms with Gasteiger partial charge in [-0.15, -0.1) is 10.2 Å². The van der Waals surface area contributed by atoms with E-state index in [1.165, 1.54) is 22.9 Å². The van der Waals surface area contributed by atoms with Crippen LogP contribution in [0.3, 0.4) is 0 Å². The molecule has 0 radical (unpaired) electrons. The Morgan fingerprint density at radius 2 is 2.31 bits per heavy atom. The summed E-state index contributed by atoms with van der Waals surface area (Å²) in [6, 6.07) is 4.66. The minimum atomic E-state index is -0.264. The van der Waals surface area contributed by atoms with Crippen LogP contribution in [0, 0.1) is 6.92 Å². The third kappa shape index (κ3) is 2.17. The van der Waals surface area contributed by atoms with E-state index in [1.54, 1.807) is 19.1 Å². The number of aromatic hydroxyl groups is 1. The smallest absolute Gasteiger partial charge is 0.257 e. The van der Waals surface area contributed by atoms with E-state index in [4.69, 9.17) is 0 Å². The quantitative estimate of drug-likeness (QED) is 0.832. The van der Waals surface area contributed by atoms with Crippen molar-refractivity contribution in [2.24, 2.45) is 0 Å². The maximum Gasteiger partial charge on any atom is 0.257 e. The summed E-state index contributed by atoms with van der Waals surface area (Å²) < 4.78 is 0. The zero-order chi connectivity index (χ0) is 11.5. The molecule has 0 fully saturated rings. The van der Waals surface area contributed by atoms with Crippen LogP contribution in [0.2, 0.25) is 0 Å². The predicted molar refractivity (Wildman–Crippen MR) is 60.7 cm³/mol. The van der Waals surface area contributed by atoms with E-state index >= 15 is 0 Å². The third-order valence-electron chi connectivity index (χ3n) is 2.04. The number of benzene rings is 1. The molecule has 0 saturated carbocycles. The largest absolute Gasteiger partial charge is 0.508 e. The average molecular weight is 235 g/mol. The third-order valence-corrected chi connectivity index (χ3v) is 2.65. The molecule has 0 saturated heterocycles. The van der Waals surface area contributed by atoms with E-state index in [0.717, 1.165) is 0 Å². The Bertz CT molecular complexity index is 511. The summed E-state index contributed by atoms with van der Waals surface area (Å²) >= 11 is 1.25. The first kappa shape index (κ1) is 10.6. The van der Waals surface area contributed by atoms with Gasteiger partial charge in [-0.1, -0.05) is 11.3 Å². The number of nitrogens with one attached hydrogen (secondary N) is 1. The fraction of sp³-hybridized carbons (Fsp3) is 0.100. The van der Waals surface area contributed by atoms with E-state index < -0.39 is 0 Å². The number of carbonyl (C=O) groups is 1. The average Bonchev–Trinajstić information content (AvgIpc) is 2.74. The highest BCUT2D eigenvalue weighted by molar-refractivity contribution is 7.13. The number of aryl methyl sites for hydroxylation is 1. The van der Waals surface area contributed by atoms with Gasteiger partial charge in [0.25, 0.3) is 5.91 Å². The minimum Gasteiger partial charge on any atom is -0.508 e. The van der Waals surface area contributed by atoms with Crippen molar-refractivity contribution in [3.05, 3.63) is 34.8 Å². The molecule has 2 N–H and O–H groups in total. The van der Waals surface area contributed by atoms with Gasteiger partial charge in [-0.3, -0.25) is 10.1 Å². The van der Waals surface area contributed by atoms with Gasteiger partial charge in [0.2, 0.25) is 5.13 Å². The molecule has 2 rings (SSSR count). The lowest BCUT2D eigenvalue weighted by Crippen LogP contribution is -2.11. The van der Waals surface area contributed by atoms with Crippen LogP contribution in [0.1, 0.15) is 15.9 Å². The fourth-order valence-electron chi connectivity index (χ4n) is 1.19. The summed E-state index contributed by atoms with van der Waals surface area (Å²) in [7, 11) is 0. The Hall–Kier alpha value is -1.95. The molecular weight excluding hydrogens is 226 g/mol. The second-order valence-electron chi connectivity index (χ2n) is 3.20. The lowest BCUT2D eigenvalue weighted by Gasteiger charge is -2.03. The molecule has 0 spiro atoms. The second kappa shape index (κ2) is 4.28. The van der Waals surface area contributed by atoms with Crippen molar-refractivity contribution in [1.82, 2.24) is 10.2 Å². The fourth-order valence-corrected chi connectivity index (χ4v) is 1.63. The van der Waals surface area contributed by atoms with E-state index in [1.807, 2.05) is 0 Å². The Balaban J connectivity index is 2.18. The molecule has 2 aromatic rings. The van der Waals surface area contributed by atoms with Crippen LogP contribution >= 0.6 is 11.3 Å². The molecule has 5 nitrogen and oxygen atoms in total. The van der Waals surface area contributed by atoms with Crippen molar-refractivity contribution < 1.29 is 9.90 Å². The predicted octanol–water partition coefficient (Wildman–Crippen LogP) is 1.80. The van der Waals surface area contributed by atoms with Crippen molar-refractivity contribution >= 4 is 22.4 Å². The molecule has 1 aromatic heterocycles. The van der Waals surface area contributed by atoms with Gasteiger partial charge in [-0.2, -0.15) is 0 Å². The van der Waals surface area contributed by atoms with Gasteiger partial charge in [0.1, 0.15) is 11.3 Å². The summed E-state index contributed by atoms with van der Waals surface area (Å²) in [5, 5.41) is 19.7. The van der Waals surface area contributed by atoms with Crippen molar-refractivity contribution in [2.75, 3.05) is 5.32 Å². The lowest BCUT2D eigenvalue weighted by molar-refractivity contribution is 0.102.